The number of carbonyl (C=O) groups is 1. The molecule has 1 atom stereocenters. The number of amides is 1. The van der Waals surface area contributed by atoms with Gasteiger partial charge in [-0.05, 0) is 18.4 Å². The fourth-order valence-electron chi connectivity index (χ4n) is 1.98. The Balaban J connectivity index is 1.80. The summed E-state index contributed by atoms with van der Waals surface area (Å²) in [6.07, 6.45) is 5.30. The normalized spacial score (nSPS) is 20.4. The maximum atomic E-state index is 11.8. The molecular weight excluding hydrogens is 206 g/mol. The highest BCUT2D eigenvalue weighted by atomic mass is 16.3. The van der Waals surface area contributed by atoms with Crippen molar-refractivity contribution in [3.63, 3.8) is 0 Å². The minimum Gasteiger partial charge on any atom is -0.391 e. The summed E-state index contributed by atoms with van der Waals surface area (Å²) in [5, 5.41) is 13.4. The number of aliphatic hydroxyl groups is 1. The van der Waals surface area contributed by atoms with E-state index in [1.54, 1.807) is 15.8 Å². The van der Waals surface area contributed by atoms with E-state index in [1.165, 1.54) is 0 Å². The molecule has 0 aliphatic carbocycles. The second-order valence-corrected chi connectivity index (χ2v) is 4.30. The van der Waals surface area contributed by atoms with Crippen molar-refractivity contribution in [1.82, 2.24) is 14.7 Å². The summed E-state index contributed by atoms with van der Waals surface area (Å²) in [5.74, 6) is 0.125. The van der Waals surface area contributed by atoms with E-state index in [-0.39, 0.29) is 12.0 Å². The number of aryl methyl sites for hydroxylation is 2. The number of β-amino-alcohol motifs (C(OH)–C–C–N with tert-alkyl or cyclic N) is 1. The third-order valence-corrected chi connectivity index (χ3v) is 2.90. The number of likely N-dealkylation sites (tertiary alicyclic amines) is 1. The summed E-state index contributed by atoms with van der Waals surface area (Å²) in [6, 6.07) is 0. The fraction of sp³-hybridized carbons (Fsp3) is 0.636. The Labute approximate surface area is 94.7 Å². The van der Waals surface area contributed by atoms with Gasteiger partial charge >= 0.3 is 0 Å². The maximum absolute atomic E-state index is 11.8. The standard InChI is InChI=1S/C11H17N3O2/c1-13-7-9(6-12-13)2-3-11(16)14-5-4-10(15)8-14/h6-7,10,15H,2-5,8H2,1H3/t10-/m1/s1. The number of carbonyl (C=O) groups excluding carboxylic acids is 1. The molecule has 0 radical (unpaired) electrons. The molecule has 0 unspecified atom stereocenters. The van der Waals surface area contributed by atoms with Crippen molar-refractivity contribution in [2.24, 2.45) is 7.05 Å². The van der Waals surface area contributed by atoms with Crippen LogP contribution >= 0.6 is 0 Å². The summed E-state index contributed by atoms with van der Waals surface area (Å²) in [5.41, 5.74) is 1.08. The molecule has 88 valence electrons. The van der Waals surface area contributed by atoms with Gasteiger partial charge in [0.15, 0.2) is 0 Å². The van der Waals surface area contributed by atoms with E-state index in [0.717, 1.165) is 12.0 Å². The highest BCUT2D eigenvalue weighted by Crippen LogP contribution is 2.11. The van der Waals surface area contributed by atoms with Crippen LogP contribution in [0.4, 0.5) is 0 Å². The van der Waals surface area contributed by atoms with Gasteiger partial charge in [-0.15, -0.1) is 0 Å². The van der Waals surface area contributed by atoms with Crippen molar-refractivity contribution >= 4 is 5.91 Å². The predicted molar refractivity (Wildman–Crippen MR) is 58.7 cm³/mol. The first-order chi connectivity index (χ1) is 7.65. The Hall–Kier alpha value is -1.36. The Morgan fingerprint density at radius 3 is 3.06 bits per heavy atom. The molecule has 1 fully saturated rings. The largest absolute Gasteiger partial charge is 0.391 e. The zero-order chi connectivity index (χ0) is 11.5. The summed E-state index contributed by atoms with van der Waals surface area (Å²) >= 11 is 0. The number of rotatable bonds is 3. The number of hydrogen-bond acceptors (Lipinski definition) is 3. The predicted octanol–water partition coefficient (Wildman–Crippen LogP) is -0.0541. The Morgan fingerprint density at radius 1 is 1.69 bits per heavy atom. The minimum absolute atomic E-state index is 0.125. The van der Waals surface area contributed by atoms with Gasteiger partial charge in [-0.25, -0.2) is 0 Å². The summed E-state index contributed by atoms with van der Waals surface area (Å²) in [7, 11) is 1.86. The second-order valence-electron chi connectivity index (χ2n) is 4.30. The SMILES string of the molecule is Cn1cc(CCC(=O)N2CC[C@@H](O)C2)cn1. The molecule has 1 saturated heterocycles. The Bertz CT molecular complexity index is 375. The first-order valence-electron chi connectivity index (χ1n) is 5.58. The Kier molecular flexibility index (Phi) is 3.24. The van der Waals surface area contributed by atoms with Crippen LogP contribution in [0.1, 0.15) is 18.4 Å². The molecule has 0 bridgehead atoms. The number of nitrogens with zero attached hydrogens (tertiary/aromatic N) is 3. The third kappa shape index (κ3) is 2.61. The van der Waals surface area contributed by atoms with Gasteiger partial charge in [0, 0.05) is 32.8 Å². The van der Waals surface area contributed by atoms with Gasteiger partial charge < -0.3 is 10.0 Å². The Morgan fingerprint density at radius 2 is 2.50 bits per heavy atom. The first kappa shape index (κ1) is 11.1. The van der Waals surface area contributed by atoms with E-state index < -0.39 is 0 Å². The average molecular weight is 223 g/mol. The smallest absolute Gasteiger partial charge is 0.222 e. The van der Waals surface area contributed by atoms with E-state index in [2.05, 4.69) is 5.10 Å². The van der Waals surface area contributed by atoms with Crippen molar-refractivity contribution < 1.29 is 9.90 Å². The zero-order valence-electron chi connectivity index (χ0n) is 9.46. The molecule has 5 heteroatoms. The molecular formula is C11H17N3O2. The van der Waals surface area contributed by atoms with E-state index in [9.17, 15) is 9.90 Å². The number of aromatic nitrogens is 2. The minimum atomic E-state index is -0.331. The average Bonchev–Trinajstić information content (AvgIpc) is 2.84. The first-order valence-corrected chi connectivity index (χ1v) is 5.58. The van der Waals surface area contributed by atoms with Crippen LogP contribution in [-0.4, -0.2) is 44.9 Å². The van der Waals surface area contributed by atoms with Gasteiger partial charge in [-0.1, -0.05) is 0 Å². The maximum Gasteiger partial charge on any atom is 0.222 e. The fourth-order valence-corrected chi connectivity index (χ4v) is 1.98. The van der Waals surface area contributed by atoms with Gasteiger partial charge in [0.2, 0.25) is 5.91 Å². The highest BCUT2D eigenvalue weighted by Gasteiger charge is 2.23. The quantitative estimate of drug-likeness (QED) is 0.781. The molecule has 1 aliphatic heterocycles. The molecule has 1 aromatic heterocycles. The van der Waals surface area contributed by atoms with Crippen molar-refractivity contribution in [1.29, 1.82) is 0 Å². The number of aliphatic hydroxyl groups excluding tert-OH is 1. The monoisotopic (exact) mass is 223 g/mol. The van der Waals surface area contributed by atoms with Gasteiger partial charge in [-0.2, -0.15) is 5.10 Å². The van der Waals surface area contributed by atoms with Crippen molar-refractivity contribution in [2.45, 2.75) is 25.4 Å². The lowest BCUT2D eigenvalue weighted by Gasteiger charge is -2.14. The zero-order valence-corrected chi connectivity index (χ0v) is 9.46. The topological polar surface area (TPSA) is 58.4 Å². The summed E-state index contributed by atoms with van der Waals surface area (Å²) < 4.78 is 1.74. The highest BCUT2D eigenvalue weighted by molar-refractivity contribution is 5.76. The molecule has 1 N–H and O–H groups in total. The van der Waals surface area contributed by atoms with Crippen LogP contribution in [0, 0.1) is 0 Å². The van der Waals surface area contributed by atoms with Crippen LogP contribution in [0.5, 0.6) is 0 Å². The van der Waals surface area contributed by atoms with Gasteiger partial charge in [-0.3, -0.25) is 9.48 Å². The van der Waals surface area contributed by atoms with Crippen LogP contribution in [0.2, 0.25) is 0 Å². The lowest BCUT2D eigenvalue weighted by molar-refractivity contribution is -0.130. The molecule has 1 aromatic rings. The summed E-state index contributed by atoms with van der Waals surface area (Å²) in [4.78, 5) is 13.5. The molecule has 2 rings (SSSR count). The van der Waals surface area contributed by atoms with Crippen LogP contribution < -0.4 is 0 Å². The van der Waals surface area contributed by atoms with Gasteiger partial charge in [0.25, 0.3) is 0 Å². The van der Waals surface area contributed by atoms with Crippen LogP contribution in [0.15, 0.2) is 12.4 Å². The van der Waals surface area contributed by atoms with Gasteiger partial charge in [0.1, 0.15) is 0 Å². The molecule has 1 amide bonds. The van der Waals surface area contributed by atoms with E-state index in [4.69, 9.17) is 0 Å². The van der Waals surface area contributed by atoms with Crippen LogP contribution in [0.25, 0.3) is 0 Å². The second kappa shape index (κ2) is 4.65. The molecule has 16 heavy (non-hydrogen) atoms. The van der Waals surface area contributed by atoms with Crippen molar-refractivity contribution in [2.75, 3.05) is 13.1 Å². The molecule has 0 spiro atoms. The van der Waals surface area contributed by atoms with Gasteiger partial charge in [0.05, 0.1) is 12.3 Å². The van der Waals surface area contributed by atoms with Crippen molar-refractivity contribution in [3.8, 4) is 0 Å². The van der Waals surface area contributed by atoms with Crippen molar-refractivity contribution in [3.05, 3.63) is 18.0 Å². The van der Waals surface area contributed by atoms with E-state index in [0.29, 0.717) is 25.9 Å². The molecule has 0 aromatic carbocycles. The van der Waals surface area contributed by atoms with Crippen LogP contribution in [-0.2, 0) is 18.3 Å². The lowest BCUT2D eigenvalue weighted by atomic mass is 10.2. The molecule has 0 saturated carbocycles. The lowest BCUT2D eigenvalue weighted by Crippen LogP contribution is -2.29. The van der Waals surface area contributed by atoms with Crippen LogP contribution in [0.3, 0.4) is 0 Å². The summed E-state index contributed by atoms with van der Waals surface area (Å²) in [6.45, 7) is 1.18. The molecule has 5 nitrogen and oxygen atoms in total. The van der Waals surface area contributed by atoms with E-state index in [1.807, 2.05) is 13.2 Å². The van der Waals surface area contributed by atoms with E-state index >= 15 is 0 Å². The molecule has 1 aliphatic rings. The number of hydrogen-bond donors (Lipinski definition) is 1. The third-order valence-electron chi connectivity index (χ3n) is 2.90. The molecule has 2 heterocycles.